The summed E-state index contributed by atoms with van der Waals surface area (Å²) in [6, 6.07) is 6.75. The van der Waals surface area contributed by atoms with E-state index in [4.69, 9.17) is 10.5 Å². The molecule has 1 aromatic carbocycles. The smallest absolute Gasteiger partial charge is 0.258 e. The lowest BCUT2D eigenvalue weighted by Gasteiger charge is -2.14. The summed E-state index contributed by atoms with van der Waals surface area (Å²) in [5, 5.41) is 2.88. The fourth-order valence-corrected chi connectivity index (χ4v) is 2.03. The zero-order valence-corrected chi connectivity index (χ0v) is 12.7. The molecule has 0 aromatic heterocycles. The molecule has 1 rings (SSSR count). The zero-order valence-electron chi connectivity index (χ0n) is 12.7. The van der Waals surface area contributed by atoms with Gasteiger partial charge in [0.25, 0.3) is 11.8 Å². The van der Waals surface area contributed by atoms with E-state index >= 15 is 0 Å². The number of amides is 2. The fourth-order valence-electron chi connectivity index (χ4n) is 2.03. The van der Waals surface area contributed by atoms with Crippen molar-refractivity contribution < 1.29 is 14.3 Å². The van der Waals surface area contributed by atoms with Crippen LogP contribution in [0.4, 0.5) is 0 Å². The Morgan fingerprint density at radius 3 is 2.67 bits per heavy atom. The van der Waals surface area contributed by atoms with E-state index in [2.05, 4.69) is 12.2 Å². The Morgan fingerprint density at radius 2 is 2.00 bits per heavy atom. The molecule has 2 amide bonds. The summed E-state index contributed by atoms with van der Waals surface area (Å²) in [6.07, 6.45) is 4.39. The average Bonchev–Trinajstić information content (AvgIpc) is 2.45. The molecule has 5 nitrogen and oxygen atoms in total. The largest absolute Gasteiger partial charge is 0.483 e. The summed E-state index contributed by atoms with van der Waals surface area (Å²) < 4.78 is 5.37. The van der Waals surface area contributed by atoms with Crippen molar-refractivity contribution >= 4 is 11.8 Å². The van der Waals surface area contributed by atoms with Crippen LogP contribution in [-0.4, -0.2) is 24.5 Å². The van der Waals surface area contributed by atoms with E-state index in [0.29, 0.717) is 5.75 Å². The van der Waals surface area contributed by atoms with Gasteiger partial charge in [-0.3, -0.25) is 9.59 Å². The minimum absolute atomic E-state index is 0.123. The standard InChI is InChI=1S/C16H24N2O3/c1-3-4-5-8-12(2)18-15(19)11-21-14-10-7-6-9-13(14)16(17)20/h6-7,9-10,12H,3-5,8,11H2,1-2H3,(H2,17,20)(H,18,19)/t12-/m1/s1. The lowest BCUT2D eigenvalue weighted by Crippen LogP contribution is -2.36. The molecule has 0 aliphatic carbocycles. The molecule has 1 atom stereocenters. The molecule has 0 saturated carbocycles. The van der Waals surface area contributed by atoms with Gasteiger partial charge >= 0.3 is 0 Å². The SMILES string of the molecule is CCCCC[C@@H](C)NC(=O)COc1ccccc1C(N)=O. The van der Waals surface area contributed by atoms with E-state index in [1.165, 1.54) is 6.42 Å². The van der Waals surface area contributed by atoms with E-state index in [0.717, 1.165) is 19.3 Å². The number of nitrogens with one attached hydrogen (secondary N) is 1. The number of ether oxygens (including phenoxy) is 1. The number of hydrogen-bond donors (Lipinski definition) is 2. The van der Waals surface area contributed by atoms with Crippen LogP contribution in [0.25, 0.3) is 0 Å². The van der Waals surface area contributed by atoms with Crippen LogP contribution in [0, 0.1) is 0 Å². The maximum absolute atomic E-state index is 11.8. The Kier molecular flexibility index (Phi) is 7.29. The Hall–Kier alpha value is -2.04. The van der Waals surface area contributed by atoms with Crippen LogP contribution in [-0.2, 0) is 4.79 Å². The van der Waals surface area contributed by atoms with Crippen LogP contribution in [0.5, 0.6) is 5.75 Å². The lowest BCUT2D eigenvalue weighted by atomic mass is 10.1. The number of nitrogens with two attached hydrogens (primary N) is 1. The van der Waals surface area contributed by atoms with Gasteiger partial charge in [0.1, 0.15) is 5.75 Å². The molecule has 0 fully saturated rings. The predicted octanol–water partition coefficient (Wildman–Crippen LogP) is 2.25. The number of primary amides is 1. The number of para-hydroxylation sites is 1. The van der Waals surface area contributed by atoms with Gasteiger partial charge in [0.05, 0.1) is 5.56 Å². The Bertz CT molecular complexity index is 474. The number of unbranched alkanes of at least 4 members (excludes halogenated alkanes) is 2. The van der Waals surface area contributed by atoms with Gasteiger partial charge in [-0.2, -0.15) is 0 Å². The van der Waals surface area contributed by atoms with Crippen LogP contribution in [0.2, 0.25) is 0 Å². The van der Waals surface area contributed by atoms with E-state index in [1.807, 2.05) is 6.92 Å². The van der Waals surface area contributed by atoms with E-state index in [9.17, 15) is 9.59 Å². The summed E-state index contributed by atoms with van der Waals surface area (Å²) in [4.78, 5) is 23.0. The first-order valence-electron chi connectivity index (χ1n) is 7.35. The molecule has 0 aliphatic rings. The molecule has 0 unspecified atom stereocenters. The molecule has 116 valence electrons. The minimum atomic E-state index is -0.570. The Balaban J connectivity index is 2.41. The third kappa shape index (κ3) is 6.29. The molecule has 0 bridgehead atoms. The zero-order chi connectivity index (χ0) is 15.7. The summed E-state index contributed by atoms with van der Waals surface area (Å²) >= 11 is 0. The monoisotopic (exact) mass is 292 g/mol. The second-order valence-electron chi connectivity index (χ2n) is 5.11. The molecular formula is C16H24N2O3. The molecule has 0 heterocycles. The van der Waals surface area contributed by atoms with E-state index < -0.39 is 5.91 Å². The number of hydrogen-bond acceptors (Lipinski definition) is 3. The maximum Gasteiger partial charge on any atom is 0.258 e. The average molecular weight is 292 g/mol. The molecule has 3 N–H and O–H groups in total. The highest BCUT2D eigenvalue weighted by atomic mass is 16.5. The predicted molar refractivity (Wildman–Crippen MR) is 82.2 cm³/mol. The third-order valence-electron chi connectivity index (χ3n) is 3.16. The quantitative estimate of drug-likeness (QED) is 0.685. The molecular weight excluding hydrogens is 268 g/mol. The molecule has 5 heteroatoms. The van der Waals surface area contributed by atoms with Crippen LogP contribution in [0.3, 0.4) is 0 Å². The van der Waals surface area contributed by atoms with Gasteiger partial charge in [-0.15, -0.1) is 0 Å². The minimum Gasteiger partial charge on any atom is -0.483 e. The van der Waals surface area contributed by atoms with Crippen molar-refractivity contribution in [2.45, 2.75) is 45.6 Å². The molecule has 0 radical (unpaired) electrons. The summed E-state index contributed by atoms with van der Waals surface area (Å²) in [7, 11) is 0. The van der Waals surface area contributed by atoms with E-state index in [-0.39, 0.29) is 24.1 Å². The van der Waals surface area contributed by atoms with Crippen LogP contribution < -0.4 is 15.8 Å². The molecule has 1 aromatic rings. The second-order valence-corrected chi connectivity index (χ2v) is 5.11. The van der Waals surface area contributed by atoms with Crippen molar-refractivity contribution in [3.05, 3.63) is 29.8 Å². The highest BCUT2D eigenvalue weighted by molar-refractivity contribution is 5.95. The van der Waals surface area contributed by atoms with Crippen molar-refractivity contribution in [1.82, 2.24) is 5.32 Å². The van der Waals surface area contributed by atoms with Crippen LogP contribution >= 0.6 is 0 Å². The summed E-state index contributed by atoms with van der Waals surface area (Å²) in [5.41, 5.74) is 5.53. The van der Waals surface area contributed by atoms with Gasteiger partial charge in [-0.1, -0.05) is 38.3 Å². The topological polar surface area (TPSA) is 81.4 Å². The maximum atomic E-state index is 11.8. The van der Waals surface area contributed by atoms with Crippen molar-refractivity contribution in [1.29, 1.82) is 0 Å². The van der Waals surface area contributed by atoms with Gasteiger partial charge in [-0.05, 0) is 25.5 Å². The van der Waals surface area contributed by atoms with E-state index in [1.54, 1.807) is 24.3 Å². The fraction of sp³-hybridized carbons (Fsp3) is 0.500. The Labute approximate surface area is 125 Å². The van der Waals surface area contributed by atoms with Gasteiger partial charge in [0.15, 0.2) is 6.61 Å². The van der Waals surface area contributed by atoms with Gasteiger partial charge in [0.2, 0.25) is 0 Å². The van der Waals surface area contributed by atoms with Crippen molar-refractivity contribution in [2.24, 2.45) is 5.73 Å². The highest BCUT2D eigenvalue weighted by Crippen LogP contribution is 2.16. The van der Waals surface area contributed by atoms with Crippen molar-refractivity contribution in [2.75, 3.05) is 6.61 Å². The van der Waals surface area contributed by atoms with Gasteiger partial charge in [-0.25, -0.2) is 0 Å². The van der Waals surface area contributed by atoms with Crippen molar-refractivity contribution in [3.8, 4) is 5.75 Å². The number of rotatable bonds is 9. The van der Waals surface area contributed by atoms with Crippen LogP contribution in [0.1, 0.15) is 49.9 Å². The molecule has 0 spiro atoms. The van der Waals surface area contributed by atoms with Gasteiger partial charge < -0.3 is 15.8 Å². The first-order valence-corrected chi connectivity index (χ1v) is 7.35. The second kappa shape index (κ2) is 9.00. The van der Waals surface area contributed by atoms with Crippen molar-refractivity contribution in [3.63, 3.8) is 0 Å². The number of benzene rings is 1. The van der Waals surface area contributed by atoms with Crippen LogP contribution in [0.15, 0.2) is 24.3 Å². The lowest BCUT2D eigenvalue weighted by molar-refractivity contribution is -0.123. The number of carbonyl (C=O) groups excluding carboxylic acids is 2. The first kappa shape index (κ1) is 17.0. The summed E-state index contributed by atoms with van der Waals surface area (Å²) in [5.74, 6) is -0.434. The Morgan fingerprint density at radius 1 is 1.29 bits per heavy atom. The normalized spacial score (nSPS) is 11.7. The molecule has 0 saturated heterocycles. The van der Waals surface area contributed by atoms with Gasteiger partial charge in [0, 0.05) is 6.04 Å². The molecule has 21 heavy (non-hydrogen) atoms. The molecule has 0 aliphatic heterocycles. The summed E-state index contributed by atoms with van der Waals surface area (Å²) in [6.45, 7) is 4.00. The first-order chi connectivity index (χ1) is 10.0. The highest BCUT2D eigenvalue weighted by Gasteiger charge is 2.11. The third-order valence-corrected chi connectivity index (χ3v) is 3.16. The number of carbonyl (C=O) groups is 2.